The second kappa shape index (κ2) is 7.96. The lowest BCUT2D eigenvalue weighted by Crippen LogP contribution is -2.45. The summed E-state index contributed by atoms with van der Waals surface area (Å²) in [6.45, 7) is 4.39. The molecule has 1 amide bonds. The van der Waals surface area contributed by atoms with Crippen molar-refractivity contribution in [2.24, 2.45) is 0 Å². The molecular weight excluding hydrogens is 420 g/mol. The maximum absolute atomic E-state index is 12.9. The van der Waals surface area contributed by atoms with E-state index in [4.69, 9.17) is 14.2 Å². The fraction of sp³-hybridized carbons (Fsp3) is 0.409. The summed E-state index contributed by atoms with van der Waals surface area (Å²) in [4.78, 5) is 12.9. The number of para-hydroxylation sites is 1. The normalized spacial score (nSPS) is 19.0. The zero-order valence-electron chi connectivity index (χ0n) is 17.8. The highest BCUT2D eigenvalue weighted by molar-refractivity contribution is 7.92. The molecule has 0 bridgehead atoms. The second-order valence-electron chi connectivity index (χ2n) is 8.32. The molecule has 0 aromatic heterocycles. The number of carbonyl (C=O) groups excluding carboxylic acids is 1. The molecule has 1 unspecified atom stereocenters. The van der Waals surface area contributed by atoms with Crippen molar-refractivity contribution in [1.29, 1.82) is 0 Å². The third-order valence-corrected chi connectivity index (χ3v) is 6.35. The number of hydrogen-bond donors (Lipinski definition) is 1. The van der Waals surface area contributed by atoms with E-state index >= 15 is 0 Å². The van der Waals surface area contributed by atoms with Gasteiger partial charge in [-0.3, -0.25) is 9.10 Å². The van der Waals surface area contributed by atoms with Gasteiger partial charge in [-0.05, 0) is 32.0 Å². The molecule has 1 atom stereocenters. The first kappa shape index (κ1) is 21.3. The van der Waals surface area contributed by atoms with E-state index in [1.54, 1.807) is 18.2 Å². The highest BCUT2D eigenvalue weighted by Gasteiger charge is 2.35. The molecule has 31 heavy (non-hydrogen) atoms. The van der Waals surface area contributed by atoms with E-state index in [-0.39, 0.29) is 12.6 Å². The molecule has 2 aliphatic rings. The summed E-state index contributed by atoms with van der Waals surface area (Å²) in [7, 11) is -3.71. The Morgan fingerprint density at radius 1 is 1.10 bits per heavy atom. The summed E-state index contributed by atoms with van der Waals surface area (Å²) in [6.07, 6.45) is 1.64. The van der Waals surface area contributed by atoms with Gasteiger partial charge in [0.1, 0.15) is 31.1 Å². The molecule has 0 radical (unpaired) electrons. The van der Waals surface area contributed by atoms with Crippen LogP contribution in [0.15, 0.2) is 42.5 Å². The van der Waals surface area contributed by atoms with E-state index in [2.05, 4.69) is 5.32 Å². The first-order chi connectivity index (χ1) is 14.6. The second-order valence-corrected chi connectivity index (χ2v) is 10.2. The summed E-state index contributed by atoms with van der Waals surface area (Å²) in [6, 6.07) is 12.1. The summed E-state index contributed by atoms with van der Waals surface area (Å²) in [5.41, 5.74) is 0.758. The molecule has 1 N–H and O–H groups in total. The van der Waals surface area contributed by atoms with Crippen molar-refractivity contribution in [3.63, 3.8) is 0 Å². The Morgan fingerprint density at radius 2 is 1.81 bits per heavy atom. The number of fused-ring (bicyclic) bond motifs is 2. The van der Waals surface area contributed by atoms with Gasteiger partial charge in [0.25, 0.3) is 0 Å². The third-order valence-electron chi connectivity index (χ3n) is 5.21. The van der Waals surface area contributed by atoms with Crippen LogP contribution in [0.25, 0.3) is 0 Å². The topological polar surface area (TPSA) is 94.2 Å². The number of sulfonamides is 1. The van der Waals surface area contributed by atoms with Crippen LogP contribution in [-0.2, 0) is 14.8 Å². The van der Waals surface area contributed by atoms with Crippen molar-refractivity contribution in [1.82, 2.24) is 5.32 Å². The van der Waals surface area contributed by atoms with Gasteiger partial charge in [0.2, 0.25) is 15.9 Å². The largest absolute Gasteiger partial charge is 0.487 e. The van der Waals surface area contributed by atoms with Gasteiger partial charge >= 0.3 is 0 Å². The predicted octanol–water partition coefficient (Wildman–Crippen LogP) is 2.64. The molecule has 2 aromatic rings. The molecule has 2 aromatic carbocycles. The molecule has 0 spiro atoms. The molecule has 2 aliphatic heterocycles. The Kier molecular flexibility index (Phi) is 5.47. The lowest BCUT2D eigenvalue weighted by atomic mass is 9.89. The molecule has 2 heterocycles. The molecule has 0 aliphatic carbocycles. The van der Waals surface area contributed by atoms with Gasteiger partial charge in [0, 0.05) is 18.1 Å². The number of anilines is 1. The van der Waals surface area contributed by atoms with E-state index < -0.39 is 21.5 Å². The number of carbonyl (C=O) groups is 1. The van der Waals surface area contributed by atoms with Gasteiger partial charge in [0.05, 0.1) is 18.0 Å². The van der Waals surface area contributed by atoms with Crippen LogP contribution in [0, 0.1) is 0 Å². The number of benzene rings is 2. The molecule has 4 rings (SSSR count). The minimum Gasteiger partial charge on any atom is -0.487 e. The lowest BCUT2D eigenvalue weighted by Gasteiger charge is -2.38. The first-order valence-corrected chi connectivity index (χ1v) is 11.9. The monoisotopic (exact) mass is 446 g/mol. The maximum Gasteiger partial charge on any atom is 0.241 e. The van der Waals surface area contributed by atoms with Crippen molar-refractivity contribution in [3.05, 3.63) is 48.0 Å². The molecule has 0 saturated carbocycles. The van der Waals surface area contributed by atoms with Crippen LogP contribution >= 0.6 is 0 Å². The summed E-state index contributed by atoms with van der Waals surface area (Å²) >= 11 is 0. The van der Waals surface area contributed by atoms with Gasteiger partial charge in [-0.25, -0.2) is 8.42 Å². The standard InChI is InChI=1S/C22H26N2O6S/c1-22(2)13-17(16-6-4-5-7-18(16)30-22)23-21(25)14-24(31(3,26)27)15-8-9-19-20(12-15)29-11-10-28-19/h4-9,12,17H,10-11,13-14H2,1-3H3,(H,23,25). The van der Waals surface area contributed by atoms with Gasteiger partial charge in [-0.2, -0.15) is 0 Å². The molecule has 166 valence electrons. The van der Waals surface area contributed by atoms with Crippen LogP contribution in [0.1, 0.15) is 31.9 Å². The average Bonchev–Trinajstić information content (AvgIpc) is 2.70. The molecule has 0 saturated heterocycles. The quantitative estimate of drug-likeness (QED) is 0.759. The SMILES string of the molecule is CC1(C)CC(NC(=O)CN(c2ccc3c(c2)OCCO3)S(C)(=O)=O)c2ccccc2O1. The van der Waals surface area contributed by atoms with E-state index in [1.165, 1.54) is 0 Å². The van der Waals surface area contributed by atoms with Crippen molar-refractivity contribution in [2.45, 2.75) is 31.9 Å². The molecule has 9 heteroatoms. The third kappa shape index (κ3) is 4.71. The van der Waals surface area contributed by atoms with E-state index in [0.29, 0.717) is 36.8 Å². The van der Waals surface area contributed by atoms with Gasteiger partial charge < -0.3 is 19.5 Å². The minimum absolute atomic E-state index is 0.283. The van der Waals surface area contributed by atoms with E-state index in [1.807, 2.05) is 38.1 Å². The van der Waals surface area contributed by atoms with Crippen molar-refractivity contribution >= 4 is 21.6 Å². The fourth-order valence-corrected chi connectivity index (χ4v) is 4.74. The summed E-state index contributed by atoms with van der Waals surface area (Å²) in [5.74, 6) is 1.32. The first-order valence-electron chi connectivity index (χ1n) is 10.1. The number of nitrogens with one attached hydrogen (secondary N) is 1. The molecular formula is C22H26N2O6S. The van der Waals surface area contributed by atoms with Crippen LogP contribution < -0.4 is 23.8 Å². The predicted molar refractivity (Wildman–Crippen MR) is 116 cm³/mol. The van der Waals surface area contributed by atoms with E-state index in [9.17, 15) is 13.2 Å². The van der Waals surface area contributed by atoms with Gasteiger partial charge in [-0.1, -0.05) is 18.2 Å². The van der Waals surface area contributed by atoms with Gasteiger partial charge in [-0.15, -0.1) is 0 Å². The number of nitrogens with zero attached hydrogens (tertiary/aromatic N) is 1. The Morgan fingerprint density at radius 3 is 2.55 bits per heavy atom. The smallest absolute Gasteiger partial charge is 0.241 e. The zero-order chi connectivity index (χ0) is 22.2. The minimum atomic E-state index is -3.71. The zero-order valence-corrected chi connectivity index (χ0v) is 18.6. The number of ether oxygens (including phenoxy) is 3. The van der Waals surface area contributed by atoms with E-state index in [0.717, 1.165) is 21.9 Å². The Bertz CT molecular complexity index is 1100. The Labute approximate surface area is 182 Å². The highest BCUT2D eigenvalue weighted by atomic mass is 32.2. The highest BCUT2D eigenvalue weighted by Crippen LogP contribution is 2.39. The van der Waals surface area contributed by atoms with Crippen LogP contribution in [0.5, 0.6) is 17.2 Å². The van der Waals surface area contributed by atoms with Crippen molar-refractivity contribution < 1.29 is 27.4 Å². The van der Waals surface area contributed by atoms with Crippen molar-refractivity contribution in [3.8, 4) is 17.2 Å². The lowest BCUT2D eigenvalue weighted by molar-refractivity contribution is -0.120. The fourth-order valence-electron chi connectivity index (χ4n) is 3.89. The number of rotatable bonds is 5. The Balaban J connectivity index is 1.56. The van der Waals surface area contributed by atoms with Crippen LogP contribution in [-0.4, -0.2) is 45.9 Å². The molecule has 8 nitrogen and oxygen atoms in total. The van der Waals surface area contributed by atoms with Crippen LogP contribution in [0.2, 0.25) is 0 Å². The Hall–Kier alpha value is -2.94. The van der Waals surface area contributed by atoms with Gasteiger partial charge in [0.15, 0.2) is 11.5 Å². The van der Waals surface area contributed by atoms with Crippen molar-refractivity contribution in [2.75, 3.05) is 30.3 Å². The van der Waals surface area contributed by atoms with Crippen LogP contribution in [0.3, 0.4) is 0 Å². The molecule has 0 fully saturated rings. The number of amides is 1. The van der Waals surface area contributed by atoms with Crippen LogP contribution in [0.4, 0.5) is 5.69 Å². The maximum atomic E-state index is 12.9. The summed E-state index contributed by atoms with van der Waals surface area (Å²) in [5, 5.41) is 2.98. The summed E-state index contributed by atoms with van der Waals surface area (Å²) < 4.78 is 43.1. The average molecular weight is 447 g/mol. The number of hydrogen-bond acceptors (Lipinski definition) is 6.